The maximum atomic E-state index is 12.1. The van der Waals surface area contributed by atoms with Crippen LogP contribution in [0.25, 0.3) is 0 Å². The Labute approximate surface area is 146 Å². The molecule has 0 bridgehead atoms. The van der Waals surface area contributed by atoms with Crippen LogP contribution in [0.15, 0.2) is 23.3 Å². The molecule has 5 unspecified atom stereocenters. The summed E-state index contributed by atoms with van der Waals surface area (Å²) in [6.07, 6.45) is 8.74. The molecule has 1 N–H and O–H groups in total. The largest absolute Gasteiger partial charge is 0.478 e. The molecule has 0 spiro atoms. The van der Waals surface area contributed by atoms with Crippen molar-refractivity contribution in [1.29, 1.82) is 0 Å². The number of carboxylic acid groups (broad SMARTS) is 1. The molecule has 134 valence electrons. The van der Waals surface area contributed by atoms with Crippen molar-refractivity contribution >= 4 is 11.8 Å². The van der Waals surface area contributed by atoms with Crippen LogP contribution in [0.4, 0.5) is 0 Å². The number of allylic oxidation sites excluding steroid dienone is 3. The maximum absolute atomic E-state index is 12.1. The van der Waals surface area contributed by atoms with Crippen molar-refractivity contribution in [1.82, 2.24) is 0 Å². The fourth-order valence-corrected chi connectivity index (χ4v) is 4.68. The van der Waals surface area contributed by atoms with Gasteiger partial charge in [-0.25, -0.2) is 4.79 Å². The van der Waals surface area contributed by atoms with E-state index in [2.05, 4.69) is 46.8 Å². The first-order chi connectivity index (χ1) is 11.2. The van der Waals surface area contributed by atoms with Gasteiger partial charge in [0.15, 0.2) is 5.78 Å². The molecule has 0 aromatic rings. The summed E-state index contributed by atoms with van der Waals surface area (Å²) in [5.74, 6) is 0.857. The molecular formula is C21H32O3. The van der Waals surface area contributed by atoms with Crippen LogP contribution in [-0.4, -0.2) is 16.9 Å². The summed E-state index contributed by atoms with van der Waals surface area (Å²) in [5.41, 5.74) is 0.868. The number of hydrogen-bond acceptors (Lipinski definition) is 2. The molecule has 1 saturated carbocycles. The van der Waals surface area contributed by atoms with Crippen LogP contribution in [0.1, 0.15) is 66.7 Å². The highest BCUT2D eigenvalue weighted by atomic mass is 16.4. The lowest BCUT2D eigenvalue weighted by Gasteiger charge is -2.39. The van der Waals surface area contributed by atoms with E-state index in [0.29, 0.717) is 30.1 Å². The highest BCUT2D eigenvalue weighted by molar-refractivity contribution is 6.18. The van der Waals surface area contributed by atoms with Gasteiger partial charge >= 0.3 is 5.97 Å². The number of fused-ring (bicyclic) bond motifs is 1. The Hall–Kier alpha value is -1.38. The molecule has 0 amide bonds. The van der Waals surface area contributed by atoms with Crippen LogP contribution >= 0.6 is 0 Å². The summed E-state index contributed by atoms with van der Waals surface area (Å²) in [6, 6.07) is 0. The van der Waals surface area contributed by atoms with E-state index in [1.807, 2.05) is 0 Å². The number of aliphatic carboxylic acids is 1. The Morgan fingerprint density at radius 3 is 2.54 bits per heavy atom. The standard InChI is InChI=1S/C21H32O3/c1-6-13(2)14(3)7-8-15(4)16-9-10-17-19(20(23)24)18(22)11-12-21(16,17)5/h7-8,13-16H,6,9-12H2,1-5H3,(H,23,24). The number of ketones is 1. The van der Waals surface area contributed by atoms with Gasteiger partial charge in [0.1, 0.15) is 5.57 Å². The quantitative estimate of drug-likeness (QED) is 0.549. The first-order valence-corrected chi connectivity index (χ1v) is 9.40. The van der Waals surface area contributed by atoms with Gasteiger partial charge in [-0.2, -0.15) is 0 Å². The minimum atomic E-state index is -1.03. The zero-order valence-electron chi connectivity index (χ0n) is 15.8. The maximum Gasteiger partial charge on any atom is 0.339 e. The van der Waals surface area contributed by atoms with Crippen LogP contribution < -0.4 is 0 Å². The third-order valence-corrected chi connectivity index (χ3v) is 6.77. The van der Waals surface area contributed by atoms with Crippen LogP contribution in [0.3, 0.4) is 0 Å². The molecule has 0 heterocycles. The molecule has 2 aliphatic carbocycles. The summed E-state index contributed by atoms with van der Waals surface area (Å²) in [6.45, 7) is 11.2. The molecule has 3 heteroatoms. The normalized spacial score (nSPS) is 31.2. The van der Waals surface area contributed by atoms with Crippen molar-refractivity contribution < 1.29 is 14.7 Å². The molecule has 0 radical (unpaired) electrons. The Bertz CT molecular complexity index is 572. The smallest absolute Gasteiger partial charge is 0.339 e. The van der Waals surface area contributed by atoms with Gasteiger partial charge in [0.2, 0.25) is 0 Å². The molecule has 1 fully saturated rings. The number of carboxylic acids is 1. The van der Waals surface area contributed by atoms with E-state index < -0.39 is 5.97 Å². The lowest BCUT2D eigenvalue weighted by atomic mass is 9.64. The number of carbonyl (C=O) groups is 2. The Morgan fingerprint density at radius 1 is 1.29 bits per heavy atom. The van der Waals surface area contributed by atoms with E-state index in [4.69, 9.17) is 0 Å². The molecule has 3 nitrogen and oxygen atoms in total. The second-order valence-corrected chi connectivity index (χ2v) is 8.13. The van der Waals surface area contributed by atoms with Crippen molar-refractivity contribution in [2.75, 3.05) is 0 Å². The van der Waals surface area contributed by atoms with E-state index in [0.717, 1.165) is 24.8 Å². The average Bonchev–Trinajstić information content (AvgIpc) is 2.88. The minimum absolute atomic E-state index is 0.0930. The highest BCUT2D eigenvalue weighted by Crippen LogP contribution is 2.56. The topological polar surface area (TPSA) is 54.4 Å². The fraction of sp³-hybridized carbons (Fsp3) is 0.714. The monoisotopic (exact) mass is 332 g/mol. The zero-order valence-corrected chi connectivity index (χ0v) is 15.8. The third kappa shape index (κ3) is 3.36. The fourth-order valence-electron chi connectivity index (χ4n) is 4.68. The number of carbonyl (C=O) groups excluding carboxylic acids is 1. The Morgan fingerprint density at radius 2 is 1.96 bits per heavy atom. The Kier molecular flexibility index (Phi) is 5.72. The van der Waals surface area contributed by atoms with Crippen LogP contribution in [0.5, 0.6) is 0 Å². The summed E-state index contributed by atoms with van der Waals surface area (Å²) >= 11 is 0. The van der Waals surface area contributed by atoms with E-state index >= 15 is 0 Å². The van der Waals surface area contributed by atoms with Gasteiger partial charge in [-0.05, 0) is 53.9 Å². The summed E-state index contributed by atoms with van der Waals surface area (Å²) in [5, 5.41) is 9.47. The number of Topliss-reactive ketones (excluding diaryl/α,β-unsaturated/α-hetero) is 1. The van der Waals surface area contributed by atoms with Crippen molar-refractivity contribution in [2.45, 2.75) is 66.7 Å². The molecule has 0 aromatic heterocycles. The molecule has 0 saturated heterocycles. The van der Waals surface area contributed by atoms with E-state index in [-0.39, 0.29) is 16.8 Å². The molecule has 0 aromatic carbocycles. The van der Waals surface area contributed by atoms with Crippen molar-refractivity contribution in [3.8, 4) is 0 Å². The van der Waals surface area contributed by atoms with Crippen molar-refractivity contribution in [2.24, 2.45) is 29.1 Å². The van der Waals surface area contributed by atoms with Gasteiger partial charge in [0, 0.05) is 6.42 Å². The van der Waals surface area contributed by atoms with Gasteiger partial charge in [-0.1, -0.05) is 53.2 Å². The number of rotatable bonds is 6. The highest BCUT2D eigenvalue weighted by Gasteiger charge is 2.49. The van der Waals surface area contributed by atoms with Gasteiger partial charge in [0.25, 0.3) is 0 Å². The van der Waals surface area contributed by atoms with E-state index in [1.165, 1.54) is 6.42 Å². The number of hydrogen-bond donors (Lipinski definition) is 1. The summed E-state index contributed by atoms with van der Waals surface area (Å²) < 4.78 is 0. The third-order valence-electron chi connectivity index (χ3n) is 6.77. The molecule has 2 rings (SSSR count). The van der Waals surface area contributed by atoms with Gasteiger partial charge in [0.05, 0.1) is 0 Å². The van der Waals surface area contributed by atoms with Gasteiger partial charge in [-0.3, -0.25) is 4.79 Å². The second kappa shape index (κ2) is 7.25. The SMILES string of the molecule is CCC(C)C(C)C=CC(C)C1CCC2=C(C(=O)O)C(=O)CCC21C. The Balaban J connectivity index is 2.23. The van der Waals surface area contributed by atoms with Gasteiger partial charge in [-0.15, -0.1) is 0 Å². The van der Waals surface area contributed by atoms with Crippen LogP contribution in [-0.2, 0) is 9.59 Å². The predicted molar refractivity (Wildman–Crippen MR) is 96.7 cm³/mol. The van der Waals surface area contributed by atoms with Gasteiger partial charge < -0.3 is 5.11 Å². The summed E-state index contributed by atoms with van der Waals surface area (Å²) in [7, 11) is 0. The minimum Gasteiger partial charge on any atom is -0.478 e. The molecular weight excluding hydrogens is 300 g/mol. The molecule has 24 heavy (non-hydrogen) atoms. The lowest BCUT2D eigenvalue weighted by Crippen LogP contribution is -2.34. The average molecular weight is 332 g/mol. The predicted octanol–water partition coefficient (Wildman–Crippen LogP) is 5.02. The summed E-state index contributed by atoms with van der Waals surface area (Å²) in [4.78, 5) is 23.6. The molecule has 5 atom stereocenters. The van der Waals surface area contributed by atoms with Crippen LogP contribution in [0.2, 0.25) is 0 Å². The molecule has 0 aliphatic heterocycles. The van der Waals surface area contributed by atoms with E-state index in [1.54, 1.807) is 0 Å². The second-order valence-electron chi connectivity index (χ2n) is 8.13. The lowest BCUT2D eigenvalue weighted by molar-refractivity contribution is -0.135. The first-order valence-electron chi connectivity index (χ1n) is 9.40. The molecule has 2 aliphatic rings. The van der Waals surface area contributed by atoms with Crippen LogP contribution in [0, 0.1) is 29.1 Å². The first kappa shape index (κ1) is 19.0. The van der Waals surface area contributed by atoms with Crippen molar-refractivity contribution in [3.05, 3.63) is 23.3 Å². The zero-order chi connectivity index (χ0) is 18.1. The van der Waals surface area contributed by atoms with Crippen molar-refractivity contribution in [3.63, 3.8) is 0 Å². The van der Waals surface area contributed by atoms with E-state index in [9.17, 15) is 14.7 Å².